The topological polar surface area (TPSA) is 103 Å². The molecule has 3 rings (SSSR count). The Morgan fingerprint density at radius 3 is 2.41 bits per heavy atom. The van der Waals surface area contributed by atoms with E-state index in [4.69, 9.17) is 15.2 Å². The van der Waals surface area contributed by atoms with Crippen molar-refractivity contribution in [3.05, 3.63) is 86.6 Å². The maximum absolute atomic E-state index is 12.7. The average molecular weight is 439 g/mol. The highest BCUT2D eigenvalue weighted by molar-refractivity contribution is 5.62. The van der Waals surface area contributed by atoms with Gasteiger partial charge in [0.2, 0.25) is 0 Å². The van der Waals surface area contributed by atoms with Crippen LogP contribution in [0, 0.1) is 6.92 Å². The Balaban J connectivity index is 1.85. The summed E-state index contributed by atoms with van der Waals surface area (Å²) < 4.78 is 12.4. The minimum Gasteiger partial charge on any atom is -0.492 e. The number of ether oxygens (including phenoxy) is 2. The van der Waals surface area contributed by atoms with Gasteiger partial charge in [0, 0.05) is 20.3 Å². The van der Waals surface area contributed by atoms with Crippen LogP contribution < -0.4 is 26.6 Å². The summed E-state index contributed by atoms with van der Waals surface area (Å²) in [6.45, 7) is 4.13. The number of nitrogens with two attached hydrogens (primary N) is 1. The first-order valence-corrected chi connectivity index (χ1v) is 10.6. The van der Waals surface area contributed by atoms with Gasteiger partial charge in [-0.05, 0) is 31.0 Å². The molecule has 0 spiro atoms. The van der Waals surface area contributed by atoms with Gasteiger partial charge >= 0.3 is 5.69 Å². The van der Waals surface area contributed by atoms with Crippen LogP contribution in [-0.4, -0.2) is 43.0 Å². The van der Waals surface area contributed by atoms with Crippen LogP contribution in [0.2, 0.25) is 0 Å². The van der Waals surface area contributed by atoms with Gasteiger partial charge in [-0.25, -0.2) is 4.79 Å². The lowest BCUT2D eigenvalue weighted by Crippen LogP contribution is -2.40. The minimum absolute atomic E-state index is 0.135. The highest BCUT2D eigenvalue weighted by atomic mass is 16.5. The van der Waals surface area contributed by atoms with Crippen LogP contribution >= 0.6 is 0 Å². The molecule has 0 radical (unpaired) electrons. The van der Waals surface area contributed by atoms with Crippen molar-refractivity contribution in [1.82, 2.24) is 9.55 Å². The second kappa shape index (κ2) is 11.2. The van der Waals surface area contributed by atoms with Crippen molar-refractivity contribution >= 4 is 11.5 Å². The standard InChI is InChI=1S/C24H30N4O4/c1-18-9-11-20(12-10-18)32-16-14-27(13-6-15-31-2)21-22(25)28(24(30)26-23(21)29)17-19-7-4-3-5-8-19/h3-5,7-12H,6,13-17,25H2,1-2H3,(H,26,29,30). The fraction of sp³-hybridized carbons (Fsp3) is 0.333. The monoisotopic (exact) mass is 438 g/mol. The number of H-pyrrole nitrogens is 1. The van der Waals surface area contributed by atoms with Crippen LogP contribution in [0.3, 0.4) is 0 Å². The van der Waals surface area contributed by atoms with E-state index >= 15 is 0 Å². The SMILES string of the molecule is COCCCN(CCOc1ccc(C)cc1)c1c(N)n(Cc2ccccc2)c(=O)[nH]c1=O. The summed E-state index contributed by atoms with van der Waals surface area (Å²) in [5, 5.41) is 0. The van der Waals surface area contributed by atoms with Crippen LogP contribution in [0.25, 0.3) is 0 Å². The molecule has 170 valence electrons. The predicted octanol–water partition coefficient (Wildman–Crippen LogP) is 2.40. The smallest absolute Gasteiger partial charge is 0.330 e. The Morgan fingerprint density at radius 2 is 1.72 bits per heavy atom. The molecular formula is C24H30N4O4. The molecule has 1 heterocycles. The van der Waals surface area contributed by atoms with Crippen LogP contribution in [0.4, 0.5) is 11.5 Å². The molecule has 1 aromatic heterocycles. The van der Waals surface area contributed by atoms with Gasteiger partial charge in [-0.3, -0.25) is 14.3 Å². The summed E-state index contributed by atoms with van der Waals surface area (Å²) in [6.07, 6.45) is 0.692. The number of hydrogen-bond donors (Lipinski definition) is 2. The van der Waals surface area contributed by atoms with Crippen molar-refractivity contribution in [2.45, 2.75) is 19.9 Å². The van der Waals surface area contributed by atoms with E-state index in [2.05, 4.69) is 4.98 Å². The first-order valence-electron chi connectivity index (χ1n) is 10.6. The van der Waals surface area contributed by atoms with Gasteiger partial charge in [-0.15, -0.1) is 0 Å². The highest BCUT2D eigenvalue weighted by Crippen LogP contribution is 2.18. The van der Waals surface area contributed by atoms with Gasteiger partial charge in [0.15, 0.2) is 0 Å². The first kappa shape index (κ1) is 23.1. The molecule has 0 amide bonds. The second-order valence-corrected chi connectivity index (χ2v) is 7.56. The first-order chi connectivity index (χ1) is 15.5. The van der Waals surface area contributed by atoms with Crippen molar-refractivity contribution in [2.24, 2.45) is 0 Å². The van der Waals surface area contributed by atoms with E-state index in [1.165, 1.54) is 4.57 Å². The summed E-state index contributed by atoms with van der Waals surface area (Å²) in [5.41, 5.74) is 7.65. The van der Waals surface area contributed by atoms with E-state index in [0.717, 1.165) is 16.9 Å². The Hall–Kier alpha value is -3.52. The number of nitrogen functional groups attached to an aromatic ring is 1. The quantitative estimate of drug-likeness (QED) is 0.446. The van der Waals surface area contributed by atoms with Crippen molar-refractivity contribution < 1.29 is 9.47 Å². The molecule has 3 N–H and O–H groups in total. The van der Waals surface area contributed by atoms with E-state index in [0.29, 0.717) is 32.7 Å². The molecule has 0 aliphatic carbocycles. The van der Waals surface area contributed by atoms with Crippen LogP contribution in [0.1, 0.15) is 17.5 Å². The van der Waals surface area contributed by atoms with Crippen molar-refractivity contribution in [2.75, 3.05) is 44.0 Å². The number of aryl methyl sites for hydroxylation is 1. The summed E-state index contributed by atoms with van der Waals surface area (Å²) in [4.78, 5) is 29.5. The second-order valence-electron chi connectivity index (χ2n) is 7.56. The highest BCUT2D eigenvalue weighted by Gasteiger charge is 2.19. The van der Waals surface area contributed by atoms with Gasteiger partial charge in [0.05, 0.1) is 13.1 Å². The Kier molecular flexibility index (Phi) is 8.10. The lowest BCUT2D eigenvalue weighted by Gasteiger charge is -2.26. The van der Waals surface area contributed by atoms with Crippen LogP contribution in [0.15, 0.2) is 64.2 Å². The molecule has 0 atom stereocenters. The third kappa shape index (κ3) is 6.01. The van der Waals surface area contributed by atoms with E-state index in [1.807, 2.05) is 66.4 Å². The van der Waals surface area contributed by atoms with Gasteiger partial charge < -0.3 is 20.1 Å². The zero-order valence-electron chi connectivity index (χ0n) is 18.5. The number of hydrogen-bond acceptors (Lipinski definition) is 6. The van der Waals surface area contributed by atoms with Crippen molar-refractivity contribution in [1.29, 1.82) is 0 Å². The molecule has 2 aromatic carbocycles. The molecule has 0 saturated heterocycles. The van der Waals surface area contributed by atoms with Crippen molar-refractivity contribution in [3.63, 3.8) is 0 Å². The number of benzene rings is 2. The molecule has 0 bridgehead atoms. The summed E-state index contributed by atoms with van der Waals surface area (Å²) >= 11 is 0. The fourth-order valence-electron chi connectivity index (χ4n) is 3.45. The van der Waals surface area contributed by atoms with E-state index < -0.39 is 11.2 Å². The van der Waals surface area contributed by atoms with Gasteiger partial charge in [0.25, 0.3) is 5.56 Å². The predicted molar refractivity (Wildman–Crippen MR) is 127 cm³/mol. The normalized spacial score (nSPS) is 10.8. The summed E-state index contributed by atoms with van der Waals surface area (Å²) in [7, 11) is 1.63. The maximum atomic E-state index is 12.7. The lowest BCUT2D eigenvalue weighted by atomic mass is 10.2. The number of aromatic nitrogens is 2. The van der Waals surface area contributed by atoms with E-state index in [-0.39, 0.29) is 18.1 Å². The molecule has 0 saturated carbocycles. The third-order valence-electron chi connectivity index (χ3n) is 5.14. The zero-order valence-corrected chi connectivity index (χ0v) is 18.5. The third-order valence-corrected chi connectivity index (χ3v) is 5.14. The van der Waals surface area contributed by atoms with Gasteiger partial charge in [-0.2, -0.15) is 0 Å². The number of nitrogens with zero attached hydrogens (tertiary/aromatic N) is 2. The molecule has 0 fully saturated rings. The number of methoxy groups -OCH3 is 1. The summed E-state index contributed by atoms with van der Waals surface area (Å²) in [5.74, 6) is 0.888. The van der Waals surface area contributed by atoms with Gasteiger partial charge in [-0.1, -0.05) is 48.0 Å². The molecule has 8 nitrogen and oxygen atoms in total. The number of aromatic amines is 1. The Bertz CT molecular complexity index is 1110. The van der Waals surface area contributed by atoms with Crippen molar-refractivity contribution in [3.8, 4) is 5.75 Å². The van der Waals surface area contributed by atoms with E-state index in [9.17, 15) is 9.59 Å². The van der Waals surface area contributed by atoms with Crippen LogP contribution in [0.5, 0.6) is 5.75 Å². The molecule has 8 heteroatoms. The number of rotatable bonds is 11. The molecule has 0 aliphatic rings. The molecule has 0 aliphatic heterocycles. The molecule has 32 heavy (non-hydrogen) atoms. The zero-order chi connectivity index (χ0) is 22.9. The fourth-order valence-corrected chi connectivity index (χ4v) is 3.45. The summed E-state index contributed by atoms with van der Waals surface area (Å²) in [6, 6.07) is 17.3. The maximum Gasteiger partial charge on any atom is 0.330 e. The molecule has 3 aromatic rings. The number of nitrogens with one attached hydrogen (secondary N) is 1. The number of anilines is 2. The van der Waals surface area contributed by atoms with E-state index in [1.54, 1.807) is 7.11 Å². The Labute approximate surface area is 187 Å². The lowest BCUT2D eigenvalue weighted by molar-refractivity contribution is 0.195. The Morgan fingerprint density at radius 1 is 1.00 bits per heavy atom. The van der Waals surface area contributed by atoms with Gasteiger partial charge in [0.1, 0.15) is 23.9 Å². The largest absolute Gasteiger partial charge is 0.492 e. The molecule has 0 unspecified atom stereocenters. The molecular weight excluding hydrogens is 408 g/mol. The minimum atomic E-state index is -0.534. The average Bonchev–Trinajstić information content (AvgIpc) is 2.78. The van der Waals surface area contributed by atoms with Crippen LogP contribution in [-0.2, 0) is 11.3 Å².